The third kappa shape index (κ3) is 2.57. The van der Waals surface area contributed by atoms with Gasteiger partial charge in [0.05, 0.1) is 0 Å². The molecule has 0 saturated heterocycles. The van der Waals surface area contributed by atoms with E-state index in [1.54, 1.807) is 0 Å². The Morgan fingerprint density at radius 3 is 2.63 bits per heavy atom. The average Bonchev–Trinajstić information content (AvgIpc) is 2.83. The topological polar surface area (TPSA) is 56.2 Å². The summed E-state index contributed by atoms with van der Waals surface area (Å²) in [5.41, 5.74) is 8.74. The van der Waals surface area contributed by atoms with Crippen molar-refractivity contribution in [3.8, 4) is 0 Å². The van der Waals surface area contributed by atoms with Gasteiger partial charge in [-0.25, -0.2) is 0 Å². The number of nitrogens with zero attached hydrogens (tertiary/aromatic N) is 3. The van der Waals surface area contributed by atoms with Crippen LogP contribution < -0.4 is 5.73 Å². The molecule has 0 bridgehead atoms. The van der Waals surface area contributed by atoms with Crippen LogP contribution in [0, 0.1) is 0 Å². The molecule has 0 unspecified atom stereocenters. The van der Waals surface area contributed by atoms with E-state index < -0.39 is 0 Å². The lowest BCUT2D eigenvalue weighted by Crippen LogP contribution is -1.98. The molecule has 3 rings (SSSR count). The van der Waals surface area contributed by atoms with Gasteiger partial charge in [-0.3, -0.25) is 4.40 Å². The zero-order chi connectivity index (χ0) is 13.1. The van der Waals surface area contributed by atoms with E-state index in [0.717, 1.165) is 36.4 Å². The molecular weight excluding hydrogens is 236 g/mol. The summed E-state index contributed by atoms with van der Waals surface area (Å²) < 4.78 is 1.97. The highest BCUT2D eigenvalue weighted by Gasteiger charge is 2.05. The van der Waals surface area contributed by atoms with Gasteiger partial charge in [-0.2, -0.15) is 0 Å². The summed E-state index contributed by atoms with van der Waals surface area (Å²) in [5, 5.41) is 8.37. The Morgan fingerprint density at radius 1 is 0.947 bits per heavy atom. The molecule has 0 aliphatic rings. The zero-order valence-electron chi connectivity index (χ0n) is 10.7. The first-order valence-corrected chi connectivity index (χ1v) is 6.46. The van der Waals surface area contributed by atoms with Crippen molar-refractivity contribution in [3.63, 3.8) is 0 Å². The summed E-state index contributed by atoms with van der Waals surface area (Å²) in [4.78, 5) is 0. The van der Waals surface area contributed by atoms with Crippen molar-refractivity contribution in [2.45, 2.75) is 19.3 Å². The van der Waals surface area contributed by atoms with Crippen LogP contribution in [0.1, 0.15) is 17.8 Å². The van der Waals surface area contributed by atoms with Gasteiger partial charge in [-0.1, -0.05) is 30.3 Å². The lowest BCUT2D eigenvalue weighted by Gasteiger charge is -2.02. The number of anilines is 1. The van der Waals surface area contributed by atoms with Crippen LogP contribution in [-0.4, -0.2) is 14.6 Å². The molecule has 2 aromatic heterocycles. The molecule has 0 radical (unpaired) electrons. The molecule has 0 spiro atoms. The molecule has 2 heterocycles. The van der Waals surface area contributed by atoms with E-state index >= 15 is 0 Å². The minimum Gasteiger partial charge on any atom is -0.398 e. The number of nitrogens with two attached hydrogens (primary N) is 1. The highest BCUT2D eigenvalue weighted by Crippen LogP contribution is 2.11. The number of aryl methyl sites for hydroxylation is 2. The highest BCUT2D eigenvalue weighted by atomic mass is 15.2. The molecule has 4 nitrogen and oxygen atoms in total. The Bertz CT molecular complexity index is 673. The number of rotatable bonds is 4. The number of nitrogen functional groups attached to an aromatic ring is 1. The minimum absolute atomic E-state index is 0.733. The highest BCUT2D eigenvalue weighted by molar-refractivity contribution is 5.47. The Kier molecular flexibility index (Phi) is 3.14. The van der Waals surface area contributed by atoms with Crippen molar-refractivity contribution in [3.05, 3.63) is 60.0 Å². The summed E-state index contributed by atoms with van der Waals surface area (Å²) in [6, 6.07) is 14.2. The van der Waals surface area contributed by atoms with Crippen molar-refractivity contribution >= 4 is 11.3 Å². The van der Waals surface area contributed by atoms with Crippen LogP contribution in [0.3, 0.4) is 0 Å². The maximum Gasteiger partial charge on any atom is 0.160 e. The molecule has 0 aliphatic carbocycles. The van der Waals surface area contributed by atoms with Crippen LogP contribution in [0.2, 0.25) is 0 Å². The van der Waals surface area contributed by atoms with Gasteiger partial charge >= 0.3 is 0 Å². The molecule has 0 aliphatic heterocycles. The Balaban J connectivity index is 1.70. The van der Waals surface area contributed by atoms with Crippen LogP contribution >= 0.6 is 0 Å². The SMILES string of the molecule is Nc1ccc2nnc(CCCc3ccccc3)n2c1. The van der Waals surface area contributed by atoms with Gasteiger partial charge < -0.3 is 5.73 Å². The predicted molar refractivity (Wildman–Crippen MR) is 75.9 cm³/mol. The average molecular weight is 252 g/mol. The van der Waals surface area contributed by atoms with Crippen molar-refractivity contribution in [2.75, 3.05) is 5.73 Å². The fourth-order valence-corrected chi connectivity index (χ4v) is 2.22. The quantitative estimate of drug-likeness (QED) is 0.776. The van der Waals surface area contributed by atoms with Gasteiger partial charge in [-0.15, -0.1) is 10.2 Å². The predicted octanol–water partition coefficient (Wildman–Crippen LogP) is 2.49. The van der Waals surface area contributed by atoms with Gasteiger partial charge in [0.1, 0.15) is 5.82 Å². The van der Waals surface area contributed by atoms with Gasteiger partial charge in [0.15, 0.2) is 5.65 Å². The molecule has 96 valence electrons. The largest absolute Gasteiger partial charge is 0.398 e. The molecule has 0 atom stereocenters. The Morgan fingerprint density at radius 2 is 1.79 bits per heavy atom. The number of fused-ring (bicyclic) bond motifs is 1. The van der Waals surface area contributed by atoms with E-state index in [1.165, 1.54) is 5.56 Å². The number of aromatic nitrogens is 3. The van der Waals surface area contributed by atoms with Crippen molar-refractivity contribution in [2.24, 2.45) is 0 Å². The third-order valence-electron chi connectivity index (χ3n) is 3.20. The second-order valence-electron chi connectivity index (χ2n) is 4.65. The first-order valence-electron chi connectivity index (χ1n) is 6.46. The van der Waals surface area contributed by atoms with Crippen LogP contribution in [0.25, 0.3) is 5.65 Å². The van der Waals surface area contributed by atoms with Crippen molar-refractivity contribution < 1.29 is 0 Å². The summed E-state index contributed by atoms with van der Waals surface area (Å²) in [5.74, 6) is 0.971. The fourth-order valence-electron chi connectivity index (χ4n) is 2.22. The molecule has 2 N–H and O–H groups in total. The monoisotopic (exact) mass is 252 g/mol. The van der Waals surface area contributed by atoms with Crippen LogP contribution in [0.4, 0.5) is 5.69 Å². The van der Waals surface area contributed by atoms with Gasteiger partial charge in [0, 0.05) is 18.3 Å². The normalized spacial score (nSPS) is 10.9. The van der Waals surface area contributed by atoms with E-state index in [0.29, 0.717) is 0 Å². The second kappa shape index (κ2) is 5.10. The molecule has 1 aromatic carbocycles. The number of hydrogen-bond donors (Lipinski definition) is 1. The Labute approximate surface area is 111 Å². The lowest BCUT2D eigenvalue weighted by atomic mass is 10.1. The number of hydrogen-bond acceptors (Lipinski definition) is 3. The summed E-state index contributed by atoms with van der Waals surface area (Å²) in [6.45, 7) is 0. The second-order valence-corrected chi connectivity index (χ2v) is 4.65. The van der Waals surface area contributed by atoms with Gasteiger partial charge in [0.2, 0.25) is 0 Å². The van der Waals surface area contributed by atoms with Crippen LogP contribution in [0.15, 0.2) is 48.7 Å². The van der Waals surface area contributed by atoms with Gasteiger partial charge in [-0.05, 0) is 30.5 Å². The van der Waals surface area contributed by atoms with E-state index in [-0.39, 0.29) is 0 Å². The van der Waals surface area contributed by atoms with Gasteiger partial charge in [0.25, 0.3) is 0 Å². The van der Waals surface area contributed by atoms with Crippen molar-refractivity contribution in [1.29, 1.82) is 0 Å². The molecule has 0 saturated carbocycles. The first kappa shape index (κ1) is 11.7. The lowest BCUT2D eigenvalue weighted by molar-refractivity contribution is 0.761. The van der Waals surface area contributed by atoms with Crippen LogP contribution in [0.5, 0.6) is 0 Å². The number of pyridine rings is 1. The molecule has 19 heavy (non-hydrogen) atoms. The van der Waals surface area contributed by atoms with E-state index in [1.807, 2.05) is 28.8 Å². The van der Waals surface area contributed by atoms with E-state index in [9.17, 15) is 0 Å². The summed E-state index contributed by atoms with van der Waals surface area (Å²) in [7, 11) is 0. The molecule has 0 amide bonds. The summed E-state index contributed by atoms with van der Waals surface area (Å²) >= 11 is 0. The molecule has 4 heteroatoms. The maximum atomic E-state index is 5.80. The standard InChI is InChI=1S/C15H16N4/c16-13-9-10-15-18-17-14(19(15)11-13)8-4-7-12-5-2-1-3-6-12/h1-3,5-6,9-11H,4,7-8,16H2. The molecule has 3 aromatic rings. The maximum absolute atomic E-state index is 5.80. The number of benzene rings is 1. The van der Waals surface area contributed by atoms with Crippen LogP contribution in [-0.2, 0) is 12.8 Å². The smallest absolute Gasteiger partial charge is 0.160 e. The fraction of sp³-hybridized carbons (Fsp3) is 0.200. The Hall–Kier alpha value is -2.36. The third-order valence-corrected chi connectivity index (χ3v) is 3.20. The summed E-state index contributed by atoms with van der Waals surface area (Å²) in [6.07, 6.45) is 4.89. The zero-order valence-corrected chi connectivity index (χ0v) is 10.7. The molecule has 0 fully saturated rings. The van der Waals surface area contributed by atoms with E-state index in [4.69, 9.17) is 5.73 Å². The van der Waals surface area contributed by atoms with E-state index in [2.05, 4.69) is 34.5 Å². The molecular formula is C15H16N4. The first-order chi connectivity index (χ1) is 9.33. The minimum atomic E-state index is 0.733. The van der Waals surface area contributed by atoms with Crippen molar-refractivity contribution in [1.82, 2.24) is 14.6 Å².